The molecule has 0 aromatic heterocycles. The first-order chi connectivity index (χ1) is 9.47. The van der Waals surface area contributed by atoms with Crippen molar-refractivity contribution in [1.82, 2.24) is 4.31 Å². The quantitative estimate of drug-likeness (QED) is 0.846. The number of ether oxygens (including phenoxy) is 1. The molecule has 0 bridgehead atoms. The molecular weight excluding hydrogens is 276 g/mol. The van der Waals surface area contributed by atoms with E-state index in [1.54, 1.807) is 18.3 Å². The summed E-state index contributed by atoms with van der Waals surface area (Å²) in [7, 11) is -1.44. The number of piperazine rings is 1. The Balaban J connectivity index is 2.09. The van der Waals surface area contributed by atoms with Crippen molar-refractivity contribution in [3.05, 3.63) is 24.3 Å². The van der Waals surface area contributed by atoms with Crippen LogP contribution in [-0.2, 0) is 10.0 Å². The first-order valence-corrected chi connectivity index (χ1v) is 8.47. The van der Waals surface area contributed by atoms with Gasteiger partial charge >= 0.3 is 0 Å². The van der Waals surface area contributed by atoms with Gasteiger partial charge in [-0.25, -0.2) is 8.42 Å². The minimum atomic E-state index is -3.08. The molecule has 1 aliphatic rings. The fraction of sp³-hybridized carbons (Fsp3) is 0.571. The molecule has 0 N–H and O–H groups in total. The second-order valence-corrected chi connectivity index (χ2v) is 7.26. The molecule has 1 heterocycles. The molecule has 0 saturated carbocycles. The lowest BCUT2D eigenvalue weighted by Crippen LogP contribution is -2.54. The van der Waals surface area contributed by atoms with Crippen molar-refractivity contribution in [1.29, 1.82) is 0 Å². The summed E-state index contributed by atoms with van der Waals surface area (Å²) in [6.07, 6.45) is 0. The van der Waals surface area contributed by atoms with Crippen molar-refractivity contribution >= 4 is 15.7 Å². The van der Waals surface area contributed by atoms with E-state index in [1.165, 1.54) is 0 Å². The molecular formula is C14H22N2O3S. The van der Waals surface area contributed by atoms with Crippen molar-refractivity contribution in [2.45, 2.75) is 19.9 Å². The van der Waals surface area contributed by atoms with Crippen LogP contribution >= 0.6 is 0 Å². The van der Waals surface area contributed by atoms with E-state index in [9.17, 15) is 8.42 Å². The second-order valence-electron chi connectivity index (χ2n) is 5.00. The minimum absolute atomic E-state index is 0.165. The molecule has 1 aromatic rings. The molecule has 112 valence electrons. The molecule has 0 spiro atoms. The van der Waals surface area contributed by atoms with Gasteiger partial charge in [-0.05, 0) is 38.1 Å². The van der Waals surface area contributed by atoms with Gasteiger partial charge in [-0.3, -0.25) is 0 Å². The molecule has 1 atom stereocenters. The SMILES string of the molecule is CCS(=O)(=O)N1CCN(c2ccc(OC)cc2)C(C)C1. The van der Waals surface area contributed by atoms with E-state index in [-0.39, 0.29) is 11.8 Å². The van der Waals surface area contributed by atoms with E-state index >= 15 is 0 Å². The molecule has 6 heteroatoms. The molecule has 2 rings (SSSR count). The maximum Gasteiger partial charge on any atom is 0.213 e. The van der Waals surface area contributed by atoms with Crippen LogP contribution in [0.4, 0.5) is 5.69 Å². The van der Waals surface area contributed by atoms with E-state index in [1.807, 2.05) is 24.3 Å². The van der Waals surface area contributed by atoms with Gasteiger partial charge in [0.1, 0.15) is 5.75 Å². The number of hydrogen-bond donors (Lipinski definition) is 0. The Labute approximate surface area is 121 Å². The van der Waals surface area contributed by atoms with Crippen LogP contribution in [0.5, 0.6) is 5.75 Å². The third-order valence-corrected chi connectivity index (χ3v) is 5.60. The third-order valence-electron chi connectivity index (χ3n) is 3.75. The van der Waals surface area contributed by atoms with Crippen molar-refractivity contribution < 1.29 is 13.2 Å². The summed E-state index contributed by atoms with van der Waals surface area (Å²) in [5.74, 6) is 0.996. The van der Waals surface area contributed by atoms with Crippen LogP contribution in [0.1, 0.15) is 13.8 Å². The highest BCUT2D eigenvalue weighted by molar-refractivity contribution is 7.89. The Kier molecular flexibility index (Phi) is 4.55. The predicted molar refractivity (Wildman–Crippen MR) is 80.8 cm³/mol. The van der Waals surface area contributed by atoms with Crippen LogP contribution in [0, 0.1) is 0 Å². The van der Waals surface area contributed by atoms with Crippen LogP contribution in [0.15, 0.2) is 24.3 Å². The predicted octanol–water partition coefficient (Wildman–Crippen LogP) is 1.56. The van der Waals surface area contributed by atoms with E-state index in [0.29, 0.717) is 19.6 Å². The Morgan fingerprint density at radius 3 is 2.40 bits per heavy atom. The lowest BCUT2D eigenvalue weighted by atomic mass is 10.2. The van der Waals surface area contributed by atoms with Gasteiger partial charge in [-0.1, -0.05) is 0 Å². The minimum Gasteiger partial charge on any atom is -0.497 e. The molecule has 5 nitrogen and oxygen atoms in total. The van der Waals surface area contributed by atoms with E-state index in [4.69, 9.17) is 4.74 Å². The average Bonchev–Trinajstić information content (AvgIpc) is 2.47. The highest BCUT2D eigenvalue weighted by atomic mass is 32.2. The normalized spacial score (nSPS) is 20.9. The van der Waals surface area contributed by atoms with Crippen LogP contribution in [0.25, 0.3) is 0 Å². The van der Waals surface area contributed by atoms with E-state index in [0.717, 1.165) is 11.4 Å². The molecule has 0 aliphatic carbocycles. The number of benzene rings is 1. The zero-order valence-electron chi connectivity index (χ0n) is 12.2. The Hall–Kier alpha value is -1.27. The van der Waals surface area contributed by atoms with Gasteiger partial charge in [0.05, 0.1) is 12.9 Å². The molecule has 1 saturated heterocycles. The van der Waals surface area contributed by atoms with Gasteiger partial charge in [-0.15, -0.1) is 0 Å². The summed E-state index contributed by atoms with van der Waals surface area (Å²) >= 11 is 0. The van der Waals surface area contributed by atoms with Gasteiger partial charge in [0, 0.05) is 31.4 Å². The third kappa shape index (κ3) is 3.07. The molecule has 1 fully saturated rings. The molecule has 1 aromatic carbocycles. The monoisotopic (exact) mass is 298 g/mol. The Morgan fingerprint density at radius 1 is 1.25 bits per heavy atom. The number of nitrogens with zero attached hydrogens (tertiary/aromatic N) is 2. The van der Waals surface area contributed by atoms with Crippen LogP contribution in [0.3, 0.4) is 0 Å². The standard InChI is InChI=1S/C14H22N2O3S/c1-4-20(17,18)15-9-10-16(12(2)11-15)13-5-7-14(19-3)8-6-13/h5-8,12H,4,9-11H2,1-3H3. The Bertz CT molecular complexity index is 542. The summed E-state index contributed by atoms with van der Waals surface area (Å²) in [6.45, 7) is 5.55. The smallest absolute Gasteiger partial charge is 0.213 e. The van der Waals surface area contributed by atoms with Crippen LogP contribution < -0.4 is 9.64 Å². The maximum atomic E-state index is 11.9. The van der Waals surface area contributed by atoms with Gasteiger partial charge in [0.2, 0.25) is 10.0 Å². The van der Waals surface area contributed by atoms with Crippen LogP contribution in [0.2, 0.25) is 0 Å². The van der Waals surface area contributed by atoms with Crippen molar-refractivity contribution in [2.24, 2.45) is 0 Å². The number of sulfonamides is 1. The first kappa shape index (κ1) is 15.1. The summed E-state index contributed by atoms with van der Waals surface area (Å²) in [5.41, 5.74) is 1.10. The van der Waals surface area contributed by atoms with Gasteiger partial charge < -0.3 is 9.64 Å². The van der Waals surface area contributed by atoms with Crippen molar-refractivity contribution in [3.8, 4) is 5.75 Å². The average molecular weight is 298 g/mol. The number of hydrogen-bond acceptors (Lipinski definition) is 4. The number of methoxy groups -OCH3 is 1. The first-order valence-electron chi connectivity index (χ1n) is 6.86. The van der Waals surface area contributed by atoms with E-state index < -0.39 is 10.0 Å². The Morgan fingerprint density at radius 2 is 1.90 bits per heavy atom. The van der Waals surface area contributed by atoms with Crippen LogP contribution in [-0.4, -0.2) is 51.3 Å². The lowest BCUT2D eigenvalue weighted by Gasteiger charge is -2.40. The van der Waals surface area contributed by atoms with Gasteiger partial charge in [0.15, 0.2) is 0 Å². The molecule has 1 unspecified atom stereocenters. The molecule has 1 aliphatic heterocycles. The largest absolute Gasteiger partial charge is 0.497 e. The zero-order chi connectivity index (χ0) is 14.8. The topological polar surface area (TPSA) is 49.9 Å². The zero-order valence-corrected chi connectivity index (χ0v) is 13.1. The summed E-state index contributed by atoms with van der Waals surface area (Å²) in [5, 5.41) is 0. The van der Waals surface area contributed by atoms with Gasteiger partial charge in [0.25, 0.3) is 0 Å². The molecule has 20 heavy (non-hydrogen) atoms. The van der Waals surface area contributed by atoms with Crippen molar-refractivity contribution in [2.75, 3.05) is 37.4 Å². The highest BCUT2D eigenvalue weighted by Gasteiger charge is 2.30. The van der Waals surface area contributed by atoms with Crippen molar-refractivity contribution in [3.63, 3.8) is 0 Å². The highest BCUT2D eigenvalue weighted by Crippen LogP contribution is 2.24. The molecule has 0 amide bonds. The lowest BCUT2D eigenvalue weighted by molar-refractivity contribution is 0.343. The summed E-state index contributed by atoms with van der Waals surface area (Å²) < 4.78 is 30.6. The van der Waals surface area contributed by atoms with Gasteiger partial charge in [-0.2, -0.15) is 4.31 Å². The second kappa shape index (κ2) is 6.01. The summed E-state index contributed by atoms with van der Waals surface area (Å²) in [4.78, 5) is 2.24. The summed E-state index contributed by atoms with van der Waals surface area (Å²) in [6, 6.07) is 8.05. The number of anilines is 1. The fourth-order valence-electron chi connectivity index (χ4n) is 2.52. The number of rotatable bonds is 4. The molecule has 0 radical (unpaired) electrons. The van der Waals surface area contributed by atoms with E-state index in [2.05, 4.69) is 11.8 Å². The fourth-order valence-corrected chi connectivity index (χ4v) is 3.68. The maximum absolute atomic E-state index is 11.9.